The van der Waals surface area contributed by atoms with Crippen LogP contribution in [0.2, 0.25) is 0 Å². The van der Waals surface area contributed by atoms with E-state index in [2.05, 4.69) is 10.1 Å². The maximum atomic E-state index is 11.3. The van der Waals surface area contributed by atoms with Gasteiger partial charge in [-0.05, 0) is 6.92 Å². The first-order valence-electron chi connectivity index (χ1n) is 5.18. The fourth-order valence-electron chi connectivity index (χ4n) is 1.03. The summed E-state index contributed by atoms with van der Waals surface area (Å²) in [7, 11) is 1.15. The van der Waals surface area contributed by atoms with E-state index < -0.39 is 30.3 Å². The second-order valence-electron chi connectivity index (χ2n) is 3.19. The monoisotopic (exact) mass is 247 g/mol. The van der Waals surface area contributed by atoms with Crippen molar-refractivity contribution in [2.75, 3.05) is 20.3 Å². The molecule has 0 bridgehead atoms. The second kappa shape index (κ2) is 8.51. The predicted octanol–water partition coefficient (Wildman–Crippen LogP) is -0.454. The lowest BCUT2D eigenvalue weighted by atomic mass is 10.2. The van der Waals surface area contributed by atoms with Crippen LogP contribution in [-0.2, 0) is 23.9 Å². The van der Waals surface area contributed by atoms with Gasteiger partial charge >= 0.3 is 11.9 Å². The average molecular weight is 247 g/mol. The van der Waals surface area contributed by atoms with Gasteiger partial charge in [-0.15, -0.1) is 0 Å². The summed E-state index contributed by atoms with van der Waals surface area (Å²) >= 11 is 0. The highest BCUT2D eigenvalue weighted by molar-refractivity contribution is 5.87. The maximum absolute atomic E-state index is 11.3. The molecule has 0 rings (SSSR count). The Kier molecular flexibility index (Phi) is 7.70. The second-order valence-corrected chi connectivity index (χ2v) is 3.19. The third-order valence-electron chi connectivity index (χ3n) is 1.91. The number of carboxylic acid groups (broad SMARTS) is 1. The molecule has 0 unspecified atom stereocenters. The molecular weight excluding hydrogens is 230 g/mol. The quantitative estimate of drug-likeness (QED) is 0.444. The van der Waals surface area contributed by atoms with Crippen molar-refractivity contribution in [3.05, 3.63) is 0 Å². The summed E-state index contributed by atoms with van der Waals surface area (Å²) in [4.78, 5) is 33.0. The Bertz CT molecular complexity index is 278. The fourth-order valence-corrected chi connectivity index (χ4v) is 1.03. The molecule has 0 aliphatic carbocycles. The minimum absolute atomic E-state index is 0.0544. The van der Waals surface area contributed by atoms with Gasteiger partial charge in [0.1, 0.15) is 6.04 Å². The van der Waals surface area contributed by atoms with Gasteiger partial charge in [-0.25, -0.2) is 4.79 Å². The Morgan fingerprint density at radius 3 is 2.47 bits per heavy atom. The van der Waals surface area contributed by atoms with Crippen LogP contribution >= 0.6 is 0 Å². The normalized spacial score (nSPS) is 11.6. The van der Waals surface area contributed by atoms with Gasteiger partial charge in [-0.1, -0.05) is 0 Å². The molecule has 0 spiro atoms. The first kappa shape index (κ1) is 15.4. The number of carbonyl (C=O) groups is 3. The summed E-state index contributed by atoms with van der Waals surface area (Å²) in [5.74, 6) is -2.45. The van der Waals surface area contributed by atoms with Crippen LogP contribution in [0.1, 0.15) is 19.8 Å². The molecule has 0 saturated heterocycles. The molecule has 7 heteroatoms. The van der Waals surface area contributed by atoms with E-state index in [1.54, 1.807) is 6.92 Å². The number of ether oxygens (including phenoxy) is 2. The number of methoxy groups -OCH3 is 1. The molecule has 2 N–H and O–H groups in total. The average Bonchev–Trinajstić information content (AvgIpc) is 2.28. The molecule has 0 saturated carbocycles. The van der Waals surface area contributed by atoms with Crippen LogP contribution in [0.15, 0.2) is 0 Å². The van der Waals surface area contributed by atoms with Gasteiger partial charge in [0, 0.05) is 13.0 Å². The highest BCUT2D eigenvalue weighted by Crippen LogP contribution is 1.96. The molecule has 0 fully saturated rings. The molecule has 1 amide bonds. The molecule has 17 heavy (non-hydrogen) atoms. The molecule has 0 aromatic heterocycles. The van der Waals surface area contributed by atoms with Crippen molar-refractivity contribution in [3.63, 3.8) is 0 Å². The highest BCUT2D eigenvalue weighted by atomic mass is 16.5. The number of esters is 1. The summed E-state index contributed by atoms with van der Waals surface area (Å²) in [6.07, 6.45) is -0.342. The van der Waals surface area contributed by atoms with E-state index in [-0.39, 0.29) is 13.0 Å². The van der Waals surface area contributed by atoms with Crippen LogP contribution in [-0.4, -0.2) is 49.3 Å². The van der Waals surface area contributed by atoms with Crippen LogP contribution in [0, 0.1) is 0 Å². The first-order valence-corrected chi connectivity index (χ1v) is 5.18. The third-order valence-corrected chi connectivity index (χ3v) is 1.91. The number of nitrogens with one attached hydrogen (secondary N) is 1. The Balaban J connectivity index is 4.11. The van der Waals surface area contributed by atoms with Crippen LogP contribution in [0.5, 0.6) is 0 Å². The molecule has 1 atom stereocenters. The standard InChI is InChI=1S/C10H17NO6/c1-3-17-5-4-8(12)11-7(10(14)15)6-9(13)16-2/h7H,3-6H2,1-2H3,(H,11,12)(H,14,15)/t7-/m0/s1. The van der Waals surface area contributed by atoms with Gasteiger partial charge in [0.25, 0.3) is 0 Å². The van der Waals surface area contributed by atoms with E-state index in [4.69, 9.17) is 9.84 Å². The number of carboxylic acids is 1. The number of rotatable bonds is 8. The molecular formula is C10H17NO6. The van der Waals surface area contributed by atoms with E-state index in [1.807, 2.05) is 0 Å². The van der Waals surface area contributed by atoms with Gasteiger partial charge in [0.15, 0.2) is 0 Å². The number of aliphatic carboxylic acids is 1. The predicted molar refractivity (Wildman–Crippen MR) is 57.3 cm³/mol. The lowest BCUT2D eigenvalue weighted by molar-refractivity contribution is -0.148. The van der Waals surface area contributed by atoms with E-state index in [1.165, 1.54) is 0 Å². The fraction of sp³-hybridized carbons (Fsp3) is 0.700. The summed E-state index contributed by atoms with van der Waals surface area (Å²) in [5, 5.41) is 11.0. The number of hydrogen-bond acceptors (Lipinski definition) is 5. The number of carbonyl (C=O) groups excluding carboxylic acids is 2. The Morgan fingerprint density at radius 2 is 2.00 bits per heavy atom. The van der Waals surface area contributed by atoms with Crippen molar-refractivity contribution in [2.24, 2.45) is 0 Å². The van der Waals surface area contributed by atoms with E-state index in [9.17, 15) is 14.4 Å². The number of hydrogen-bond donors (Lipinski definition) is 2. The molecule has 98 valence electrons. The van der Waals surface area contributed by atoms with Crippen molar-refractivity contribution in [1.29, 1.82) is 0 Å². The van der Waals surface area contributed by atoms with E-state index in [0.29, 0.717) is 6.61 Å². The Labute approximate surface area is 99.1 Å². The van der Waals surface area contributed by atoms with E-state index >= 15 is 0 Å². The Hall–Kier alpha value is -1.63. The van der Waals surface area contributed by atoms with Crippen LogP contribution < -0.4 is 5.32 Å². The summed E-state index contributed by atoms with van der Waals surface area (Å²) in [5.41, 5.74) is 0. The molecule has 7 nitrogen and oxygen atoms in total. The van der Waals surface area contributed by atoms with Crippen LogP contribution in [0.3, 0.4) is 0 Å². The zero-order valence-corrected chi connectivity index (χ0v) is 9.89. The van der Waals surface area contributed by atoms with Gasteiger partial charge in [-0.2, -0.15) is 0 Å². The topological polar surface area (TPSA) is 102 Å². The van der Waals surface area contributed by atoms with Crippen LogP contribution in [0.25, 0.3) is 0 Å². The maximum Gasteiger partial charge on any atom is 0.326 e. The van der Waals surface area contributed by atoms with Crippen LogP contribution in [0.4, 0.5) is 0 Å². The first-order chi connectivity index (χ1) is 8.01. The third kappa shape index (κ3) is 7.29. The highest BCUT2D eigenvalue weighted by Gasteiger charge is 2.23. The Morgan fingerprint density at radius 1 is 1.35 bits per heavy atom. The van der Waals surface area contributed by atoms with Gasteiger partial charge < -0.3 is 19.9 Å². The van der Waals surface area contributed by atoms with Crippen molar-refractivity contribution in [1.82, 2.24) is 5.32 Å². The van der Waals surface area contributed by atoms with Gasteiger partial charge in [0.05, 0.1) is 20.1 Å². The molecule has 0 heterocycles. The lowest BCUT2D eigenvalue weighted by Crippen LogP contribution is -2.42. The lowest BCUT2D eigenvalue weighted by Gasteiger charge is -2.13. The van der Waals surface area contributed by atoms with E-state index in [0.717, 1.165) is 7.11 Å². The molecule has 0 aromatic carbocycles. The van der Waals surface area contributed by atoms with Gasteiger partial charge in [-0.3, -0.25) is 9.59 Å². The summed E-state index contributed by atoms with van der Waals surface area (Å²) < 4.78 is 9.28. The number of amides is 1. The zero-order chi connectivity index (χ0) is 13.3. The zero-order valence-electron chi connectivity index (χ0n) is 9.89. The van der Waals surface area contributed by atoms with Crippen molar-refractivity contribution in [3.8, 4) is 0 Å². The SMILES string of the molecule is CCOCCC(=O)N[C@@H](CC(=O)OC)C(=O)O. The summed E-state index contributed by atoms with van der Waals surface area (Å²) in [6.45, 7) is 2.49. The molecule has 0 aromatic rings. The molecule has 0 aliphatic rings. The largest absolute Gasteiger partial charge is 0.480 e. The van der Waals surface area contributed by atoms with Crippen molar-refractivity contribution < 1.29 is 29.0 Å². The minimum Gasteiger partial charge on any atom is -0.480 e. The van der Waals surface area contributed by atoms with Crippen molar-refractivity contribution >= 4 is 17.8 Å². The molecule has 0 aliphatic heterocycles. The molecule has 0 radical (unpaired) electrons. The van der Waals surface area contributed by atoms with Crippen molar-refractivity contribution in [2.45, 2.75) is 25.8 Å². The minimum atomic E-state index is -1.28. The summed E-state index contributed by atoms with van der Waals surface area (Å²) in [6, 6.07) is -1.27. The van der Waals surface area contributed by atoms with Gasteiger partial charge in [0.2, 0.25) is 5.91 Å². The smallest absolute Gasteiger partial charge is 0.326 e.